The van der Waals surface area contributed by atoms with Crippen molar-refractivity contribution in [3.63, 3.8) is 0 Å². The quantitative estimate of drug-likeness (QED) is 0.919. The number of anilines is 1. The average molecular weight is 264 g/mol. The molecular formula is C13H16N2O2S. The molecule has 0 fully saturated rings. The molecule has 0 atom stereocenters. The first-order valence-corrected chi connectivity index (χ1v) is 7.49. The van der Waals surface area contributed by atoms with Crippen LogP contribution in [0.5, 0.6) is 0 Å². The predicted octanol–water partition coefficient (Wildman–Crippen LogP) is 2.04. The number of aromatic nitrogens is 1. The van der Waals surface area contributed by atoms with Crippen LogP contribution in [0, 0.1) is 0 Å². The predicted molar refractivity (Wildman–Crippen MR) is 72.3 cm³/mol. The van der Waals surface area contributed by atoms with Gasteiger partial charge in [0.1, 0.15) is 0 Å². The van der Waals surface area contributed by atoms with Crippen molar-refractivity contribution in [1.29, 1.82) is 0 Å². The van der Waals surface area contributed by atoms with Crippen molar-refractivity contribution in [2.45, 2.75) is 11.4 Å². The standard InChI is InChI=1S/C13H16N2O2S/c1-15-7-6-11(10-15)9-14-12-4-3-5-13(8-12)18(2,16)17/h3-8,10,14H,9H2,1-2H3. The van der Waals surface area contributed by atoms with E-state index < -0.39 is 9.84 Å². The number of nitrogens with zero attached hydrogens (tertiary/aromatic N) is 1. The average Bonchev–Trinajstić information content (AvgIpc) is 2.72. The van der Waals surface area contributed by atoms with Crippen LogP contribution in [0.15, 0.2) is 47.6 Å². The Morgan fingerprint density at radius 3 is 2.67 bits per heavy atom. The summed E-state index contributed by atoms with van der Waals surface area (Å²) in [6.07, 6.45) is 5.21. The van der Waals surface area contributed by atoms with Crippen LogP contribution in [-0.2, 0) is 23.4 Å². The second-order valence-electron chi connectivity index (χ2n) is 4.34. The molecule has 2 rings (SSSR count). The number of nitrogens with one attached hydrogen (secondary N) is 1. The molecule has 4 nitrogen and oxygen atoms in total. The van der Waals surface area contributed by atoms with E-state index in [1.807, 2.05) is 36.1 Å². The molecule has 0 aliphatic carbocycles. The van der Waals surface area contributed by atoms with Gasteiger partial charge in [-0.1, -0.05) is 6.07 Å². The summed E-state index contributed by atoms with van der Waals surface area (Å²) in [7, 11) is -1.18. The molecule has 18 heavy (non-hydrogen) atoms. The van der Waals surface area contributed by atoms with Crippen LogP contribution in [0.1, 0.15) is 5.56 Å². The zero-order chi connectivity index (χ0) is 13.2. The van der Waals surface area contributed by atoms with Gasteiger partial charge < -0.3 is 9.88 Å². The van der Waals surface area contributed by atoms with Gasteiger partial charge in [-0.3, -0.25) is 0 Å². The van der Waals surface area contributed by atoms with Crippen molar-refractivity contribution >= 4 is 15.5 Å². The normalized spacial score (nSPS) is 11.4. The lowest BCUT2D eigenvalue weighted by Crippen LogP contribution is -2.01. The van der Waals surface area contributed by atoms with E-state index in [1.54, 1.807) is 18.2 Å². The molecule has 0 spiro atoms. The largest absolute Gasteiger partial charge is 0.381 e. The third-order valence-electron chi connectivity index (χ3n) is 2.65. The molecule has 5 heteroatoms. The molecule has 0 saturated heterocycles. The summed E-state index contributed by atoms with van der Waals surface area (Å²) in [5.74, 6) is 0. The molecule has 1 aromatic carbocycles. The molecule has 1 N–H and O–H groups in total. The molecule has 0 aliphatic rings. The highest BCUT2D eigenvalue weighted by atomic mass is 32.2. The van der Waals surface area contributed by atoms with Gasteiger partial charge in [-0.2, -0.15) is 0 Å². The van der Waals surface area contributed by atoms with Gasteiger partial charge >= 0.3 is 0 Å². The fraction of sp³-hybridized carbons (Fsp3) is 0.231. The van der Waals surface area contributed by atoms with E-state index >= 15 is 0 Å². The molecule has 0 radical (unpaired) electrons. The topological polar surface area (TPSA) is 51.1 Å². The molecule has 1 aromatic heterocycles. The zero-order valence-corrected chi connectivity index (χ0v) is 11.2. The smallest absolute Gasteiger partial charge is 0.175 e. The van der Waals surface area contributed by atoms with Gasteiger partial charge in [-0.05, 0) is 29.8 Å². The van der Waals surface area contributed by atoms with Crippen LogP contribution in [0.3, 0.4) is 0 Å². The van der Waals surface area contributed by atoms with Gasteiger partial charge in [-0.25, -0.2) is 8.42 Å². The Bertz CT molecular complexity index is 645. The van der Waals surface area contributed by atoms with Gasteiger partial charge in [0.05, 0.1) is 4.90 Å². The fourth-order valence-electron chi connectivity index (χ4n) is 1.71. The van der Waals surface area contributed by atoms with E-state index in [9.17, 15) is 8.42 Å². The van der Waals surface area contributed by atoms with Gasteiger partial charge in [0.25, 0.3) is 0 Å². The van der Waals surface area contributed by atoms with Crippen LogP contribution in [0.4, 0.5) is 5.69 Å². The molecular weight excluding hydrogens is 248 g/mol. The van der Waals surface area contributed by atoms with Gasteiger partial charge in [0.15, 0.2) is 9.84 Å². The lowest BCUT2D eigenvalue weighted by molar-refractivity contribution is 0.602. The number of hydrogen-bond donors (Lipinski definition) is 1. The monoisotopic (exact) mass is 264 g/mol. The van der Waals surface area contributed by atoms with Crippen molar-refractivity contribution in [3.05, 3.63) is 48.3 Å². The second-order valence-corrected chi connectivity index (χ2v) is 6.35. The second kappa shape index (κ2) is 4.86. The van der Waals surface area contributed by atoms with E-state index in [-0.39, 0.29) is 0 Å². The maximum atomic E-state index is 11.4. The first kappa shape index (κ1) is 12.7. The third kappa shape index (κ3) is 3.13. The molecule has 0 aliphatic heterocycles. The first-order valence-electron chi connectivity index (χ1n) is 5.60. The highest BCUT2D eigenvalue weighted by molar-refractivity contribution is 7.90. The number of hydrogen-bond acceptors (Lipinski definition) is 3. The number of rotatable bonds is 4. The first-order chi connectivity index (χ1) is 8.45. The Labute approximate surface area is 107 Å². The summed E-state index contributed by atoms with van der Waals surface area (Å²) in [5, 5.41) is 3.21. The van der Waals surface area contributed by atoms with Crippen molar-refractivity contribution in [3.8, 4) is 0 Å². The summed E-state index contributed by atoms with van der Waals surface area (Å²) in [6, 6.07) is 8.87. The third-order valence-corrected chi connectivity index (χ3v) is 3.76. The lowest BCUT2D eigenvalue weighted by Gasteiger charge is -2.06. The van der Waals surface area contributed by atoms with Crippen molar-refractivity contribution in [2.75, 3.05) is 11.6 Å². The summed E-state index contributed by atoms with van der Waals surface area (Å²) in [5.41, 5.74) is 1.96. The number of benzene rings is 1. The Morgan fingerprint density at radius 2 is 2.06 bits per heavy atom. The van der Waals surface area contributed by atoms with Crippen molar-refractivity contribution in [1.82, 2.24) is 4.57 Å². The summed E-state index contributed by atoms with van der Waals surface area (Å²) in [4.78, 5) is 0.334. The highest BCUT2D eigenvalue weighted by Crippen LogP contribution is 2.16. The minimum atomic E-state index is -3.15. The van der Waals surface area contributed by atoms with Crippen molar-refractivity contribution < 1.29 is 8.42 Å². The summed E-state index contributed by atoms with van der Waals surface area (Å²) >= 11 is 0. The summed E-state index contributed by atoms with van der Waals surface area (Å²) < 4.78 is 24.8. The minimum absolute atomic E-state index is 0.334. The molecule has 0 saturated carbocycles. The van der Waals surface area contributed by atoms with Crippen LogP contribution in [0.2, 0.25) is 0 Å². The SMILES string of the molecule is Cn1ccc(CNc2cccc(S(C)(=O)=O)c2)c1. The van der Waals surface area contributed by atoms with Gasteiger partial charge in [-0.15, -0.1) is 0 Å². The molecule has 96 valence electrons. The van der Waals surface area contributed by atoms with Crippen LogP contribution >= 0.6 is 0 Å². The molecule has 0 amide bonds. The van der Waals surface area contributed by atoms with E-state index in [2.05, 4.69) is 5.32 Å². The Morgan fingerprint density at radius 1 is 1.28 bits per heavy atom. The van der Waals surface area contributed by atoms with E-state index in [4.69, 9.17) is 0 Å². The molecule has 0 unspecified atom stereocenters. The van der Waals surface area contributed by atoms with E-state index in [0.29, 0.717) is 11.4 Å². The van der Waals surface area contributed by atoms with Crippen molar-refractivity contribution in [2.24, 2.45) is 7.05 Å². The fourth-order valence-corrected chi connectivity index (χ4v) is 2.37. The van der Waals surface area contributed by atoms with Crippen LogP contribution in [-0.4, -0.2) is 19.2 Å². The molecule has 0 bridgehead atoms. The Balaban J connectivity index is 2.11. The summed E-state index contributed by atoms with van der Waals surface area (Å²) in [6.45, 7) is 0.675. The van der Waals surface area contributed by atoms with Crippen LogP contribution in [0.25, 0.3) is 0 Å². The molecule has 2 aromatic rings. The Kier molecular flexibility index (Phi) is 3.43. The van der Waals surface area contributed by atoms with E-state index in [1.165, 1.54) is 6.26 Å². The zero-order valence-electron chi connectivity index (χ0n) is 10.4. The minimum Gasteiger partial charge on any atom is -0.381 e. The van der Waals surface area contributed by atoms with Gasteiger partial charge in [0.2, 0.25) is 0 Å². The number of aryl methyl sites for hydroxylation is 1. The van der Waals surface area contributed by atoms with Gasteiger partial charge in [0, 0.05) is 37.9 Å². The van der Waals surface area contributed by atoms with E-state index in [0.717, 1.165) is 11.3 Å². The molecule has 1 heterocycles. The maximum absolute atomic E-state index is 11.4. The number of sulfone groups is 1. The lowest BCUT2D eigenvalue weighted by atomic mass is 10.3. The Hall–Kier alpha value is -1.75. The van der Waals surface area contributed by atoms with Crippen LogP contribution < -0.4 is 5.32 Å². The maximum Gasteiger partial charge on any atom is 0.175 e. The highest BCUT2D eigenvalue weighted by Gasteiger charge is 2.07.